The third-order valence-corrected chi connectivity index (χ3v) is 6.94. The van der Waals surface area contributed by atoms with E-state index in [9.17, 15) is 18.0 Å². The molecule has 3 aromatic rings. The Bertz CT molecular complexity index is 1260. The van der Waals surface area contributed by atoms with E-state index in [-0.39, 0.29) is 36.2 Å². The van der Waals surface area contributed by atoms with Crippen LogP contribution < -0.4 is 10.6 Å². The number of nitrogens with one attached hydrogen (secondary N) is 2. The maximum Gasteiger partial charge on any atom is 0.291 e. The Hall–Kier alpha value is -3.17. The summed E-state index contributed by atoms with van der Waals surface area (Å²) in [6.45, 7) is 3.95. The van der Waals surface area contributed by atoms with Crippen LogP contribution in [0.3, 0.4) is 0 Å². The third-order valence-electron chi connectivity index (χ3n) is 5.10. The SMILES string of the molecule is Cc1c(C(=O)Nc2cccc(S(=O)(=O)N3CCNC(=O)C3)c2)oc2c(C)cccc12. The minimum atomic E-state index is -3.85. The minimum Gasteiger partial charge on any atom is -0.450 e. The van der Waals surface area contributed by atoms with E-state index in [1.165, 1.54) is 12.1 Å². The number of fused-ring (bicyclic) bond motifs is 1. The number of furan rings is 1. The van der Waals surface area contributed by atoms with Gasteiger partial charge in [-0.15, -0.1) is 0 Å². The summed E-state index contributed by atoms with van der Waals surface area (Å²) < 4.78 is 32.6. The van der Waals surface area contributed by atoms with Crippen molar-refractivity contribution in [3.63, 3.8) is 0 Å². The number of hydrogen-bond donors (Lipinski definition) is 2. The van der Waals surface area contributed by atoms with Crippen molar-refractivity contribution >= 4 is 38.5 Å². The topological polar surface area (TPSA) is 109 Å². The van der Waals surface area contributed by atoms with Crippen LogP contribution in [0.2, 0.25) is 0 Å². The molecule has 0 saturated carbocycles. The van der Waals surface area contributed by atoms with Crippen molar-refractivity contribution in [2.45, 2.75) is 18.7 Å². The highest BCUT2D eigenvalue weighted by Crippen LogP contribution is 2.28. The Morgan fingerprint density at radius 2 is 1.93 bits per heavy atom. The Kier molecular flexibility index (Phi) is 5.08. The van der Waals surface area contributed by atoms with Crippen LogP contribution in [0.4, 0.5) is 5.69 Å². The molecule has 2 amide bonds. The van der Waals surface area contributed by atoms with Crippen molar-refractivity contribution in [3.05, 3.63) is 59.4 Å². The minimum absolute atomic E-state index is 0.00664. The lowest BCUT2D eigenvalue weighted by Gasteiger charge is -2.26. The number of aryl methyl sites for hydroxylation is 2. The average Bonchev–Trinajstić information content (AvgIpc) is 3.06. The first-order chi connectivity index (χ1) is 14.3. The second-order valence-corrected chi connectivity index (χ2v) is 9.12. The van der Waals surface area contributed by atoms with E-state index in [0.717, 1.165) is 15.3 Å². The van der Waals surface area contributed by atoms with Gasteiger partial charge in [0.05, 0.1) is 11.4 Å². The smallest absolute Gasteiger partial charge is 0.291 e. The zero-order valence-electron chi connectivity index (χ0n) is 16.6. The van der Waals surface area contributed by atoms with Crippen LogP contribution in [0.25, 0.3) is 11.0 Å². The lowest BCUT2D eigenvalue weighted by atomic mass is 10.1. The molecular weight excluding hydrogens is 406 g/mol. The van der Waals surface area contributed by atoms with Crippen LogP contribution in [-0.4, -0.2) is 44.2 Å². The highest BCUT2D eigenvalue weighted by Gasteiger charge is 2.29. The number of sulfonamides is 1. The molecule has 2 aromatic carbocycles. The monoisotopic (exact) mass is 427 g/mol. The van der Waals surface area contributed by atoms with Gasteiger partial charge in [0.1, 0.15) is 5.58 Å². The molecule has 1 aliphatic rings. The third kappa shape index (κ3) is 3.57. The van der Waals surface area contributed by atoms with Crippen molar-refractivity contribution < 1.29 is 22.4 Å². The average molecular weight is 427 g/mol. The van der Waals surface area contributed by atoms with Crippen LogP contribution in [0.15, 0.2) is 51.8 Å². The molecule has 0 radical (unpaired) electrons. The molecule has 0 atom stereocenters. The lowest BCUT2D eigenvalue weighted by Crippen LogP contribution is -2.49. The fourth-order valence-corrected chi connectivity index (χ4v) is 4.94. The first kappa shape index (κ1) is 20.1. The number of hydrogen-bond acceptors (Lipinski definition) is 5. The highest BCUT2D eigenvalue weighted by atomic mass is 32.2. The van der Waals surface area contributed by atoms with Gasteiger partial charge in [0.15, 0.2) is 5.76 Å². The van der Waals surface area contributed by atoms with E-state index in [2.05, 4.69) is 10.6 Å². The molecule has 0 spiro atoms. The first-order valence-electron chi connectivity index (χ1n) is 9.44. The summed E-state index contributed by atoms with van der Waals surface area (Å²) in [5, 5.41) is 6.17. The maximum absolute atomic E-state index is 12.9. The van der Waals surface area contributed by atoms with Gasteiger partial charge in [-0.2, -0.15) is 4.31 Å². The fourth-order valence-electron chi connectivity index (χ4n) is 3.49. The molecule has 1 aliphatic heterocycles. The van der Waals surface area contributed by atoms with E-state index in [4.69, 9.17) is 4.42 Å². The molecule has 1 saturated heterocycles. The lowest BCUT2D eigenvalue weighted by molar-refractivity contribution is -0.122. The number of nitrogens with zero attached hydrogens (tertiary/aromatic N) is 1. The normalized spacial score (nSPS) is 15.2. The number of benzene rings is 2. The summed E-state index contributed by atoms with van der Waals surface area (Å²) in [6.07, 6.45) is 0. The van der Waals surface area contributed by atoms with E-state index in [1.807, 2.05) is 32.0 Å². The standard InChI is InChI=1S/C21H21N3O5S/c1-13-5-3-8-17-14(2)20(29-19(13)17)21(26)23-15-6-4-7-16(11-15)30(27,28)24-10-9-22-18(25)12-24/h3-8,11H,9-10,12H2,1-2H3,(H,22,25)(H,23,26). The summed E-state index contributed by atoms with van der Waals surface area (Å²) in [7, 11) is -3.85. The number of piperazine rings is 1. The van der Waals surface area contributed by atoms with Gasteiger partial charge in [-0.25, -0.2) is 8.42 Å². The quantitative estimate of drug-likeness (QED) is 0.665. The van der Waals surface area contributed by atoms with Gasteiger partial charge in [0, 0.05) is 29.7 Å². The zero-order chi connectivity index (χ0) is 21.5. The van der Waals surface area contributed by atoms with Crippen molar-refractivity contribution in [1.29, 1.82) is 0 Å². The van der Waals surface area contributed by atoms with E-state index >= 15 is 0 Å². The number of rotatable bonds is 4. The first-order valence-corrected chi connectivity index (χ1v) is 10.9. The van der Waals surface area contributed by atoms with Crippen molar-refractivity contribution in [1.82, 2.24) is 9.62 Å². The van der Waals surface area contributed by atoms with Gasteiger partial charge >= 0.3 is 0 Å². The van der Waals surface area contributed by atoms with E-state index < -0.39 is 15.9 Å². The summed E-state index contributed by atoms with van der Waals surface area (Å²) in [6, 6.07) is 11.7. The largest absolute Gasteiger partial charge is 0.450 e. The van der Waals surface area contributed by atoms with Gasteiger partial charge in [-0.05, 0) is 37.6 Å². The Morgan fingerprint density at radius 3 is 2.67 bits per heavy atom. The van der Waals surface area contributed by atoms with Gasteiger partial charge in [-0.3, -0.25) is 9.59 Å². The van der Waals surface area contributed by atoms with Crippen LogP contribution in [0, 0.1) is 13.8 Å². The van der Waals surface area contributed by atoms with Crippen molar-refractivity contribution in [2.24, 2.45) is 0 Å². The summed E-state index contributed by atoms with van der Waals surface area (Å²) >= 11 is 0. The molecular formula is C21H21N3O5S. The van der Waals surface area contributed by atoms with Crippen LogP contribution in [0.5, 0.6) is 0 Å². The van der Waals surface area contributed by atoms with Gasteiger partial charge in [0.25, 0.3) is 5.91 Å². The molecule has 4 rings (SSSR count). The fraction of sp³-hybridized carbons (Fsp3) is 0.238. The Balaban J connectivity index is 1.61. The summed E-state index contributed by atoms with van der Waals surface area (Å²) in [4.78, 5) is 24.4. The van der Waals surface area contributed by atoms with Crippen LogP contribution >= 0.6 is 0 Å². The second kappa shape index (κ2) is 7.58. The summed E-state index contributed by atoms with van der Waals surface area (Å²) in [5.41, 5.74) is 2.61. The van der Waals surface area contributed by atoms with E-state index in [1.54, 1.807) is 12.1 Å². The molecule has 2 heterocycles. The maximum atomic E-state index is 12.9. The predicted molar refractivity (Wildman–Crippen MR) is 112 cm³/mol. The number of carbonyl (C=O) groups is 2. The number of amides is 2. The molecule has 30 heavy (non-hydrogen) atoms. The van der Waals surface area contributed by atoms with Gasteiger partial charge in [0.2, 0.25) is 15.9 Å². The molecule has 9 heteroatoms. The molecule has 1 fully saturated rings. The number of para-hydroxylation sites is 1. The van der Waals surface area contributed by atoms with Crippen molar-refractivity contribution in [2.75, 3.05) is 25.0 Å². The number of carbonyl (C=O) groups excluding carboxylic acids is 2. The molecule has 1 aromatic heterocycles. The van der Waals surface area contributed by atoms with Gasteiger partial charge < -0.3 is 15.1 Å². The van der Waals surface area contributed by atoms with Crippen LogP contribution in [-0.2, 0) is 14.8 Å². The van der Waals surface area contributed by atoms with E-state index in [0.29, 0.717) is 16.8 Å². The Morgan fingerprint density at radius 1 is 1.17 bits per heavy atom. The molecule has 0 aliphatic carbocycles. The summed E-state index contributed by atoms with van der Waals surface area (Å²) in [5.74, 6) is -0.625. The molecule has 156 valence electrons. The Labute approximate surface area is 173 Å². The molecule has 0 bridgehead atoms. The zero-order valence-corrected chi connectivity index (χ0v) is 17.4. The highest BCUT2D eigenvalue weighted by molar-refractivity contribution is 7.89. The van der Waals surface area contributed by atoms with Crippen molar-refractivity contribution in [3.8, 4) is 0 Å². The predicted octanol–water partition coefficient (Wildman–Crippen LogP) is 2.42. The molecule has 0 unspecified atom stereocenters. The molecule has 2 N–H and O–H groups in total. The number of anilines is 1. The van der Waals surface area contributed by atoms with Crippen LogP contribution in [0.1, 0.15) is 21.7 Å². The molecule has 8 nitrogen and oxygen atoms in total. The second-order valence-electron chi connectivity index (χ2n) is 7.18. The van der Waals surface area contributed by atoms with Gasteiger partial charge in [-0.1, -0.05) is 24.3 Å².